The Bertz CT molecular complexity index is 835. The molecule has 1 heterocycles. The summed E-state index contributed by atoms with van der Waals surface area (Å²) in [6.07, 6.45) is 6.44. The van der Waals surface area contributed by atoms with Gasteiger partial charge < -0.3 is 9.84 Å². The number of benzene rings is 1. The molecule has 3 aliphatic rings. The van der Waals surface area contributed by atoms with E-state index >= 15 is 0 Å². The number of aliphatic carboxylic acids is 1. The molecule has 1 aromatic carbocycles. The third-order valence-corrected chi connectivity index (χ3v) is 5.92. The van der Waals surface area contributed by atoms with Gasteiger partial charge in [-0.2, -0.15) is 10.1 Å². The van der Waals surface area contributed by atoms with Crippen molar-refractivity contribution in [2.24, 2.45) is 28.8 Å². The van der Waals surface area contributed by atoms with E-state index in [0.29, 0.717) is 14.9 Å². The SMILES string of the molecule is O=C(O)COc1ccc(C=NN2C(=O)[C@@H]3[C@H](C2=O)[C@H]2C=C[C@H]3C2)cc1I. The highest BCUT2D eigenvalue weighted by molar-refractivity contribution is 14.1. The van der Waals surface area contributed by atoms with Crippen LogP contribution >= 0.6 is 22.6 Å². The highest BCUT2D eigenvalue weighted by Gasteiger charge is 2.59. The van der Waals surface area contributed by atoms with Gasteiger partial charge in [-0.25, -0.2) is 4.79 Å². The number of carboxylic acids is 1. The molecule has 0 aromatic heterocycles. The third-order valence-electron chi connectivity index (χ3n) is 5.08. The number of rotatable bonds is 5. The van der Waals surface area contributed by atoms with Crippen LogP contribution in [0.4, 0.5) is 0 Å². The quantitative estimate of drug-likeness (QED) is 0.310. The first-order valence-corrected chi connectivity index (χ1v) is 9.28. The Morgan fingerprint density at radius 2 is 1.92 bits per heavy atom. The van der Waals surface area contributed by atoms with Gasteiger partial charge in [-0.15, -0.1) is 0 Å². The Morgan fingerprint density at radius 3 is 2.50 bits per heavy atom. The van der Waals surface area contributed by atoms with E-state index in [9.17, 15) is 14.4 Å². The maximum atomic E-state index is 12.6. The summed E-state index contributed by atoms with van der Waals surface area (Å²) < 4.78 is 5.88. The van der Waals surface area contributed by atoms with E-state index in [4.69, 9.17) is 9.84 Å². The first-order valence-electron chi connectivity index (χ1n) is 8.20. The molecule has 2 fully saturated rings. The topological polar surface area (TPSA) is 96.3 Å². The van der Waals surface area contributed by atoms with Gasteiger partial charge in [0.05, 0.1) is 21.6 Å². The molecule has 1 saturated heterocycles. The molecule has 1 saturated carbocycles. The van der Waals surface area contributed by atoms with Crippen LogP contribution in [-0.2, 0) is 14.4 Å². The minimum atomic E-state index is -1.05. The number of nitrogens with zero attached hydrogens (tertiary/aromatic N) is 2. The number of amides is 2. The second-order valence-electron chi connectivity index (χ2n) is 6.60. The Balaban J connectivity index is 1.49. The summed E-state index contributed by atoms with van der Waals surface area (Å²) in [7, 11) is 0. The molecule has 8 heteroatoms. The lowest BCUT2D eigenvalue weighted by molar-refractivity contribution is -0.141. The van der Waals surface area contributed by atoms with E-state index in [1.165, 1.54) is 6.21 Å². The fraction of sp³-hybridized carbons (Fsp3) is 0.333. The molecule has 1 aliphatic heterocycles. The molecular formula is C18H15IN2O5. The van der Waals surface area contributed by atoms with Crippen molar-refractivity contribution in [2.45, 2.75) is 6.42 Å². The molecule has 26 heavy (non-hydrogen) atoms. The average Bonchev–Trinajstić information content (AvgIpc) is 3.27. The van der Waals surface area contributed by atoms with Gasteiger partial charge >= 0.3 is 5.97 Å². The van der Waals surface area contributed by atoms with Gasteiger partial charge in [0.1, 0.15) is 5.75 Å². The van der Waals surface area contributed by atoms with Crippen LogP contribution in [0.1, 0.15) is 12.0 Å². The van der Waals surface area contributed by atoms with E-state index < -0.39 is 12.6 Å². The molecule has 2 amide bonds. The summed E-state index contributed by atoms with van der Waals surface area (Å²) in [6.45, 7) is -0.417. The number of halogens is 1. The molecule has 4 atom stereocenters. The lowest BCUT2D eigenvalue weighted by atomic mass is 9.85. The van der Waals surface area contributed by atoms with Crippen LogP contribution < -0.4 is 4.74 Å². The number of carbonyl (C=O) groups excluding carboxylic acids is 2. The van der Waals surface area contributed by atoms with E-state index in [2.05, 4.69) is 5.10 Å². The Morgan fingerprint density at radius 1 is 1.27 bits per heavy atom. The molecule has 134 valence electrons. The Hall–Kier alpha value is -2.23. The van der Waals surface area contributed by atoms with Crippen molar-refractivity contribution in [2.75, 3.05) is 6.61 Å². The van der Waals surface area contributed by atoms with Crippen molar-refractivity contribution in [3.05, 3.63) is 39.5 Å². The van der Waals surface area contributed by atoms with Crippen molar-refractivity contribution in [3.63, 3.8) is 0 Å². The molecule has 1 N–H and O–H groups in total. The number of ether oxygens (including phenoxy) is 1. The highest BCUT2D eigenvalue weighted by Crippen LogP contribution is 2.52. The maximum absolute atomic E-state index is 12.6. The Labute approximate surface area is 162 Å². The summed E-state index contributed by atoms with van der Waals surface area (Å²) >= 11 is 2.03. The number of hydrogen-bond donors (Lipinski definition) is 1. The number of imide groups is 1. The minimum absolute atomic E-state index is 0.160. The lowest BCUT2D eigenvalue weighted by Crippen LogP contribution is -2.28. The summed E-state index contributed by atoms with van der Waals surface area (Å²) in [6, 6.07) is 5.08. The predicted octanol–water partition coefficient (Wildman–Crippen LogP) is 1.90. The van der Waals surface area contributed by atoms with E-state index in [-0.39, 0.29) is 35.5 Å². The first-order chi connectivity index (χ1) is 12.5. The van der Waals surface area contributed by atoms with E-state index in [1.807, 2.05) is 34.7 Å². The van der Waals surface area contributed by atoms with Crippen LogP contribution in [0.5, 0.6) is 5.75 Å². The minimum Gasteiger partial charge on any atom is -0.481 e. The van der Waals surface area contributed by atoms with Gasteiger partial charge in [-0.05, 0) is 64.6 Å². The van der Waals surface area contributed by atoms with Gasteiger partial charge in [-0.1, -0.05) is 12.2 Å². The van der Waals surface area contributed by atoms with E-state index in [0.717, 1.165) is 11.4 Å². The van der Waals surface area contributed by atoms with Gasteiger partial charge in [-0.3, -0.25) is 9.59 Å². The second kappa shape index (κ2) is 6.49. The molecular weight excluding hydrogens is 451 g/mol. The van der Waals surface area contributed by atoms with Crippen LogP contribution in [0.25, 0.3) is 0 Å². The van der Waals surface area contributed by atoms with Crippen molar-refractivity contribution in [3.8, 4) is 5.75 Å². The average molecular weight is 466 g/mol. The van der Waals surface area contributed by atoms with Crippen LogP contribution in [0.2, 0.25) is 0 Å². The molecule has 2 bridgehead atoms. The first kappa shape index (κ1) is 17.2. The highest BCUT2D eigenvalue weighted by atomic mass is 127. The van der Waals surface area contributed by atoms with Crippen LogP contribution in [0.15, 0.2) is 35.5 Å². The molecule has 1 aromatic rings. The standard InChI is InChI=1S/C18H15IN2O5/c19-12-5-9(1-4-13(12)26-8-14(22)23)7-20-21-17(24)15-10-2-3-11(6-10)16(15)18(21)25/h1-5,7,10-11,15-16H,6,8H2,(H,22,23)/t10-,11-,15-,16+/m0/s1. The lowest BCUT2D eigenvalue weighted by Gasteiger charge is -2.13. The third kappa shape index (κ3) is 2.81. The Kier molecular flexibility index (Phi) is 4.29. The summed E-state index contributed by atoms with van der Waals surface area (Å²) in [5.74, 6) is -1.24. The molecule has 0 spiro atoms. The second-order valence-corrected chi connectivity index (χ2v) is 7.77. The number of carbonyl (C=O) groups is 3. The number of fused-ring (bicyclic) bond motifs is 5. The molecule has 0 radical (unpaired) electrons. The largest absolute Gasteiger partial charge is 0.481 e. The van der Waals surface area contributed by atoms with Crippen LogP contribution in [-0.4, -0.2) is 40.7 Å². The van der Waals surface area contributed by atoms with Gasteiger partial charge in [0, 0.05) is 0 Å². The zero-order valence-electron chi connectivity index (χ0n) is 13.5. The number of allylic oxidation sites excluding steroid dienone is 2. The summed E-state index contributed by atoms with van der Waals surface area (Å²) in [5, 5.41) is 13.8. The van der Waals surface area contributed by atoms with Gasteiger partial charge in [0.2, 0.25) is 0 Å². The van der Waals surface area contributed by atoms with Crippen LogP contribution in [0.3, 0.4) is 0 Å². The van der Waals surface area contributed by atoms with Crippen molar-refractivity contribution < 1.29 is 24.2 Å². The predicted molar refractivity (Wildman–Crippen MR) is 99.5 cm³/mol. The fourth-order valence-corrected chi connectivity index (χ4v) is 4.67. The smallest absolute Gasteiger partial charge is 0.341 e. The monoisotopic (exact) mass is 466 g/mol. The van der Waals surface area contributed by atoms with E-state index in [1.54, 1.807) is 18.2 Å². The molecule has 7 nitrogen and oxygen atoms in total. The fourth-order valence-electron chi connectivity index (χ4n) is 3.98. The van der Waals surface area contributed by atoms with Crippen LogP contribution in [0, 0.1) is 27.2 Å². The number of hydrogen-bond acceptors (Lipinski definition) is 5. The van der Waals surface area contributed by atoms with Gasteiger partial charge in [0.15, 0.2) is 6.61 Å². The summed E-state index contributed by atoms with van der Waals surface area (Å²) in [5.41, 5.74) is 0.691. The number of carboxylic acid groups (broad SMARTS) is 1. The zero-order valence-corrected chi connectivity index (χ0v) is 15.7. The van der Waals surface area contributed by atoms with Crippen molar-refractivity contribution in [1.29, 1.82) is 0 Å². The molecule has 4 rings (SSSR count). The summed E-state index contributed by atoms with van der Waals surface area (Å²) in [4.78, 5) is 35.7. The van der Waals surface area contributed by atoms with Crippen molar-refractivity contribution in [1.82, 2.24) is 5.01 Å². The van der Waals surface area contributed by atoms with Crippen molar-refractivity contribution >= 4 is 46.6 Å². The maximum Gasteiger partial charge on any atom is 0.341 e. The normalized spacial score (nSPS) is 29.0. The number of hydrazone groups is 1. The zero-order chi connectivity index (χ0) is 18.4. The molecule has 2 aliphatic carbocycles. The molecule has 0 unspecified atom stereocenters. The van der Waals surface area contributed by atoms with Gasteiger partial charge in [0.25, 0.3) is 11.8 Å².